The number of piperazine rings is 2. The Morgan fingerprint density at radius 2 is 1.67 bits per heavy atom. The number of rotatable bonds is 1. The fraction of sp³-hybridized carbons (Fsp3) is 1.00. The fourth-order valence-corrected chi connectivity index (χ4v) is 6.37. The van der Waals surface area contributed by atoms with Gasteiger partial charge in [0.25, 0.3) is 0 Å². The van der Waals surface area contributed by atoms with Crippen molar-refractivity contribution >= 4 is 0 Å². The van der Waals surface area contributed by atoms with E-state index in [1.807, 2.05) is 0 Å². The third-order valence-corrected chi connectivity index (χ3v) is 7.22. The first-order valence-corrected chi connectivity index (χ1v) is 9.33. The topological polar surface area (TPSA) is 30.5 Å². The van der Waals surface area contributed by atoms with Crippen molar-refractivity contribution in [2.24, 2.45) is 11.8 Å². The molecule has 21 heavy (non-hydrogen) atoms. The summed E-state index contributed by atoms with van der Waals surface area (Å²) in [6.45, 7) is 7.54. The molecule has 4 saturated heterocycles. The van der Waals surface area contributed by atoms with Crippen molar-refractivity contribution in [2.75, 3.05) is 39.3 Å². The molecule has 0 aromatic carbocycles. The first kappa shape index (κ1) is 13.3. The summed E-state index contributed by atoms with van der Waals surface area (Å²) in [5.74, 6) is 1.94. The third-order valence-electron chi connectivity index (χ3n) is 7.22. The molecule has 0 radical (unpaired) electrons. The van der Waals surface area contributed by atoms with E-state index >= 15 is 0 Å². The molecule has 5 rings (SSSR count). The first-order valence-electron chi connectivity index (χ1n) is 9.33. The Morgan fingerprint density at radius 1 is 0.762 bits per heavy atom. The lowest BCUT2D eigenvalue weighted by Gasteiger charge is -2.52. The van der Waals surface area contributed by atoms with Crippen LogP contribution in [0.4, 0.5) is 0 Å². The van der Waals surface area contributed by atoms with Crippen molar-refractivity contribution in [3.63, 3.8) is 0 Å². The van der Waals surface area contributed by atoms with Crippen LogP contribution in [0.15, 0.2) is 0 Å². The van der Waals surface area contributed by atoms with Gasteiger partial charge in [-0.05, 0) is 50.5 Å². The van der Waals surface area contributed by atoms with Crippen LogP contribution in [0.25, 0.3) is 0 Å². The molecule has 4 nitrogen and oxygen atoms in total. The number of hydrogen-bond donors (Lipinski definition) is 2. The van der Waals surface area contributed by atoms with Gasteiger partial charge in [0, 0.05) is 56.9 Å². The second kappa shape index (κ2) is 5.19. The lowest BCUT2D eigenvalue weighted by molar-refractivity contribution is -0.0150. The SMILES string of the molecule is C1CN2CCC(C3CNCC4CC5CCC(C5)N43)C2CN1. The fourth-order valence-electron chi connectivity index (χ4n) is 6.37. The summed E-state index contributed by atoms with van der Waals surface area (Å²) >= 11 is 0. The largest absolute Gasteiger partial charge is 0.314 e. The van der Waals surface area contributed by atoms with E-state index in [1.54, 1.807) is 0 Å². The lowest BCUT2D eigenvalue weighted by atomic mass is 9.82. The maximum absolute atomic E-state index is 3.79. The quantitative estimate of drug-likeness (QED) is 0.736. The van der Waals surface area contributed by atoms with Crippen molar-refractivity contribution in [3.05, 3.63) is 0 Å². The lowest BCUT2D eigenvalue weighted by Crippen LogP contribution is -2.66. The van der Waals surface area contributed by atoms with Crippen LogP contribution in [0, 0.1) is 11.8 Å². The van der Waals surface area contributed by atoms with E-state index in [0.717, 1.165) is 36.0 Å². The monoisotopic (exact) mass is 290 g/mol. The Labute approximate surface area is 128 Å². The molecule has 118 valence electrons. The average molecular weight is 290 g/mol. The van der Waals surface area contributed by atoms with Gasteiger partial charge in [-0.1, -0.05) is 0 Å². The second-order valence-corrected chi connectivity index (χ2v) is 8.16. The van der Waals surface area contributed by atoms with Crippen molar-refractivity contribution in [3.8, 4) is 0 Å². The zero-order chi connectivity index (χ0) is 13.8. The highest BCUT2D eigenvalue weighted by Crippen LogP contribution is 2.44. The Morgan fingerprint density at radius 3 is 2.67 bits per heavy atom. The van der Waals surface area contributed by atoms with Crippen LogP contribution in [-0.4, -0.2) is 73.2 Å². The highest BCUT2D eigenvalue weighted by atomic mass is 15.3. The molecule has 2 N–H and O–H groups in total. The van der Waals surface area contributed by atoms with Gasteiger partial charge in [-0.2, -0.15) is 0 Å². The van der Waals surface area contributed by atoms with E-state index in [2.05, 4.69) is 20.4 Å². The van der Waals surface area contributed by atoms with E-state index in [0.29, 0.717) is 0 Å². The molecule has 0 amide bonds. The number of nitrogens with zero attached hydrogens (tertiary/aromatic N) is 2. The molecule has 2 bridgehead atoms. The molecular weight excluding hydrogens is 260 g/mol. The molecule has 6 unspecified atom stereocenters. The van der Waals surface area contributed by atoms with Crippen LogP contribution in [0.5, 0.6) is 0 Å². The highest BCUT2D eigenvalue weighted by Gasteiger charge is 2.49. The summed E-state index contributed by atoms with van der Waals surface area (Å²) in [4.78, 5) is 5.79. The third kappa shape index (κ3) is 2.10. The molecule has 5 aliphatic rings. The molecule has 5 fully saturated rings. The van der Waals surface area contributed by atoms with Crippen LogP contribution in [0.2, 0.25) is 0 Å². The predicted molar refractivity (Wildman–Crippen MR) is 84.4 cm³/mol. The van der Waals surface area contributed by atoms with Gasteiger partial charge >= 0.3 is 0 Å². The molecule has 6 atom stereocenters. The van der Waals surface area contributed by atoms with Crippen molar-refractivity contribution in [1.29, 1.82) is 0 Å². The molecule has 0 aromatic rings. The van der Waals surface area contributed by atoms with Crippen LogP contribution >= 0.6 is 0 Å². The molecule has 4 aliphatic heterocycles. The van der Waals surface area contributed by atoms with Gasteiger partial charge in [0.15, 0.2) is 0 Å². The van der Waals surface area contributed by atoms with Crippen molar-refractivity contribution in [1.82, 2.24) is 20.4 Å². The van der Waals surface area contributed by atoms with E-state index in [1.165, 1.54) is 71.4 Å². The summed E-state index contributed by atoms with van der Waals surface area (Å²) in [7, 11) is 0. The highest BCUT2D eigenvalue weighted by molar-refractivity contribution is 5.06. The number of hydrogen-bond acceptors (Lipinski definition) is 4. The Hall–Kier alpha value is -0.160. The van der Waals surface area contributed by atoms with Crippen molar-refractivity contribution in [2.45, 2.75) is 56.3 Å². The maximum Gasteiger partial charge on any atom is 0.0271 e. The van der Waals surface area contributed by atoms with E-state index in [-0.39, 0.29) is 0 Å². The Kier molecular flexibility index (Phi) is 3.28. The number of piperidine rings is 1. The van der Waals surface area contributed by atoms with Gasteiger partial charge in [0.1, 0.15) is 0 Å². The summed E-state index contributed by atoms with van der Waals surface area (Å²) in [6.07, 6.45) is 7.40. The van der Waals surface area contributed by atoms with Crippen molar-refractivity contribution < 1.29 is 0 Å². The van der Waals surface area contributed by atoms with Gasteiger partial charge in [0.05, 0.1) is 0 Å². The minimum atomic E-state index is 0.808. The minimum absolute atomic E-state index is 0.808. The smallest absolute Gasteiger partial charge is 0.0271 e. The summed E-state index contributed by atoms with van der Waals surface area (Å²) in [5, 5.41) is 7.44. The van der Waals surface area contributed by atoms with E-state index in [9.17, 15) is 0 Å². The van der Waals surface area contributed by atoms with Crippen LogP contribution < -0.4 is 10.6 Å². The summed E-state index contributed by atoms with van der Waals surface area (Å²) in [6, 6.07) is 3.39. The summed E-state index contributed by atoms with van der Waals surface area (Å²) < 4.78 is 0. The molecule has 1 aliphatic carbocycles. The number of fused-ring (bicyclic) bond motifs is 5. The molecule has 0 spiro atoms. The molecular formula is C17H30N4. The Bertz CT molecular complexity index is 400. The average Bonchev–Trinajstić information content (AvgIpc) is 3.11. The zero-order valence-electron chi connectivity index (χ0n) is 13.1. The standard InChI is InChI=1S/C17H30N4/c1-2-13-7-12(1)8-14-9-19-11-17(21(13)14)15-3-5-20-6-4-18-10-16(15)20/h12-19H,1-11H2. The van der Waals surface area contributed by atoms with Crippen LogP contribution in [-0.2, 0) is 0 Å². The molecule has 4 heteroatoms. The van der Waals surface area contributed by atoms with Crippen LogP contribution in [0.1, 0.15) is 32.1 Å². The molecule has 4 heterocycles. The maximum atomic E-state index is 3.79. The number of nitrogens with one attached hydrogen (secondary N) is 2. The predicted octanol–water partition coefficient (Wildman–Crippen LogP) is 0.495. The van der Waals surface area contributed by atoms with E-state index < -0.39 is 0 Å². The first-order chi connectivity index (χ1) is 10.4. The minimum Gasteiger partial charge on any atom is -0.314 e. The second-order valence-electron chi connectivity index (χ2n) is 8.16. The summed E-state index contributed by atoms with van der Waals surface area (Å²) in [5.41, 5.74) is 0. The molecule has 1 saturated carbocycles. The molecule has 0 aromatic heterocycles. The van der Waals surface area contributed by atoms with Gasteiger partial charge < -0.3 is 10.6 Å². The van der Waals surface area contributed by atoms with Gasteiger partial charge in [0.2, 0.25) is 0 Å². The van der Waals surface area contributed by atoms with Gasteiger partial charge in [-0.3, -0.25) is 9.80 Å². The van der Waals surface area contributed by atoms with Crippen LogP contribution in [0.3, 0.4) is 0 Å². The van der Waals surface area contributed by atoms with Gasteiger partial charge in [-0.25, -0.2) is 0 Å². The van der Waals surface area contributed by atoms with Gasteiger partial charge in [-0.15, -0.1) is 0 Å². The normalized spacial score (nSPS) is 50.9. The Balaban J connectivity index is 1.40. The zero-order valence-corrected chi connectivity index (χ0v) is 13.1. The van der Waals surface area contributed by atoms with E-state index in [4.69, 9.17) is 0 Å².